The summed E-state index contributed by atoms with van der Waals surface area (Å²) in [5.41, 5.74) is 4.69. The molecule has 4 rings (SSSR count). The van der Waals surface area contributed by atoms with Crippen molar-refractivity contribution in [2.75, 3.05) is 18.1 Å². The number of benzene rings is 1. The van der Waals surface area contributed by atoms with Crippen molar-refractivity contribution < 1.29 is 22.7 Å². The third-order valence-electron chi connectivity index (χ3n) is 6.07. The molecule has 1 atom stereocenters. The summed E-state index contributed by atoms with van der Waals surface area (Å²) in [6.07, 6.45) is 0.537. The van der Waals surface area contributed by atoms with Crippen molar-refractivity contribution in [2.24, 2.45) is 0 Å². The summed E-state index contributed by atoms with van der Waals surface area (Å²) in [5.74, 6) is -0.670. The molecule has 3 aromatic rings. The van der Waals surface area contributed by atoms with Gasteiger partial charge in [-0.1, -0.05) is 11.6 Å². The summed E-state index contributed by atoms with van der Waals surface area (Å²) >= 11 is 0. The van der Waals surface area contributed by atoms with Crippen LogP contribution < -0.4 is 0 Å². The van der Waals surface area contributed by atoms with Gasteiger partial charge in [0.25, 0.3) is 0 Å². The number of aryl methyl sites for hydroxylation is 3. The first-order chi connectivity index (χ1) is 15.1. The Hall–Kier alpha value is -3.00. The maximum absolute atomic E-state index is 12.8. The molecule has 0 radical (unpaired) electrons. The topological polar surface area (TPSA) is 95.3 Å². The van der Waals surface area contributed by atoms with Crippen LogP contribution in [0.5, 0.6) is 0 Å². The van der Waals surface area contributed by atoms with E-state index in [2.05, 4.69) is 4.98 Å². The molecule has 0 amide bonds. The number of aromatic nitrogens is 2. The first kappa shape index (κ1) is 22.2. The number of ether oxygens (including phenoxy) is 1. The number of hydrogen-bond acceptors (Lipinski definition) is 6. The van der Waals surface area contributed by atoms with Gasteiger partial charge in [-0.15, -0.1) is 0 Å². The van der Waals surface area contributed by atoms with Crippen molar-refractivity contribution in [3.8, 4) is 0 Å². The Kier molecular flexibility index (Phi) is 5.67. The fourth-order valence-electron chi connectivity index (χ4n) is 4.49. The van der Waals surface area contributed by atoms with Gasteiger partial charge >= 0.3 is 5.97 Å². The predicted molar refractivity (Wildman–Crippen MR) is 122 cm³/mol. The highest BCUT2D eigenvalue weighted by Crippen LogP contribution is 2.29. The molecule has 3 heterocycles. The molecular formula is C24H26N2O5S. The van der Waals surface area contributed by atoms with Crippen LogP contribution >= 0.6 is 0 Å². The van der Waals surface area contributed by atoms with Crippen molar-refractivity contribution in [3.63, 3.8) is 0 Å². The summed E-state index contributed by atoms with van der Waals surface area (Å²) in [6, 6.07) is 9.12. The van der Waals surface area contributed by atoms with E-state index in [4.69, 9.17) is 4.74 Å². The smallest absolute Gasteiger partial charge is 0.340 e. The number of carbonyl (C=O) groups excluding carboxylic acids is 2. The van der Waals surface area contributed by atoms with Gasteiger partial charge in [-0.25, -0.2) is 13.2 Å². The van der Waals surface area contributed by atoms with Crippen molar-refractivity contribution in [2.45, 2.75) is 40.2 Å². The van der Waals surface area contributed by atoms with E-state index < -0.39 is 22.4 Å². The Morgan fingerprint density at radius 2 is 1.84 bits per heavy atom. The molecule has 168 valence electrons. The molecule has 32 heavy (non-hydrogen) atoms. The molecule has 8 heteroatoms. The molecule has 0 saturated carbocycles. The van der Waals surface area contributed by atoms with E-state index in [9.17, 15) is 18.0 Å². The van der Waals surface area contributed by atoms with E-state index >= 15 is 0 Å². The van der Waals surface area contributed by atoms with Crippen molar-refractivity contribution >= 4 is 32.5 Å². The number of carbonyl (C=O) groups is 2. The molecule has 7 nitrogen and oxygen atoms in total. The molecule has 1 fully saturated rings. The Morgan fingerprint density at radius 3 is 2.53 bits per heavy atom. The minimum Gasteiger partial charge on any atom is -0.454 e. The minimum atomic E-state index is -3.04. The first-order valence-corrected chi connectivity index (χ1v) is 12.3. The SMILES string of the molecule is Cc1ccc2nc(C)c(C(=O)OCC(=O)c3cc(C)n(C4CCS(=O)(=O)C4)c3C)cc2c1. The van der Waals surface area contributed by atoms with Crippen molar-refractivity contribution in [1.82, 2.24) is 9.55 Å². The molecular weight excluding hydrogens is 428 g/mol. The highest BCUT2D eigenvalue weighted by atomic mass is 32.2. The Balaban J connectivity index is 1.51. The lowest BCUT2D eigenvalue weighted by molar-refractivity contribution is 0.0473. The zero-order chi connectivity index (χ0) is 23.2. The van der Waals surface area contributed by atoms with Crippen molar-refractivity contribution in [1.29, 1.82) is 0 Å². The van der Waals surface area contributed by atoms with Gasteiger partial charge < -0.3 is 9.30 Å². The average molecular weight is 455 g/mol. The Bertz CT molecular complexity index is 1350. The molecule has 1 aliphatic rings. The largest absolute Gasteiger partial charge is 0.454 e. The Labute approximate surface area is 187 Å². The second-order valence-electron chi connectivity index (χ2n) is 8.53. The quantitative estimate of drug-likeness (QED) is 0.431. The van der Waals surface area contributed by atoms with Gasteiger partial charge in [0.05, 0.1) is 28.3 Å². The van der Waals surface area contributed by atoms with Gasteiger partial charge in [-0.3, -0.25) is 9.78 Å². The lowest BCUT2D eigenvalue weighted by Gasteiger charge is -2.16. The van der Waals surface area contributed by atoms with Crippen LogP contribution in [0.15, 0.2) is 30.3 Å². The van der Waals surface area contributed by atoms with Crippen LogP contribution in [0.4, 0.5) is 0 Å². The molecule has 0 N–H and O–H groups in total. The fraction of sp³-hybridized carbons (Fsp3) is 0.375. The molecule has 1 saturated heterocycles. The summed E-state index contributed by atoms with van der Waals surface area (Å²) in [5, 5.41) is 0.837. The highest BCUT2D eigenvalue weighted by molar-refractivity contribution is 7.91. The lowest BCUT2D eigenvalue weighted by Crippen LogP contribution is -2.17. The number of esters is 1. The van der Waals surface area contributed by atoms with E-state index in [1.807, 2.05) is 36.6 Å². The third kappa shape index (κ3) is 4.19. The van der Waals surface area contributed by atoms with Crippen LogP contribution in [0.25, 0.3) is 10.9 Å². The molecule has 1 unspecified atom stereocenters. The van der Waals surface area contributed by atoms with Crippen LogP contribution in [-0.2, 0) is 14.6 Å². The van der Waals surface area contributed by atoms with E-state index in [-0.39, 0.29) is 23.3 Å². The molecule has 1 aromatic carbocycles. The average Bonchev–Trinajstić information content (AvgIpc) is 3.23. The number of nitrogens with zero attached hydrogens (tertiary/aromatic N) is 2. The zero-order valence-electron chi connectivity index (χ0n) is 18.6. The standard InChI is InChI=1S/C24H26N2O5S/c1-14-5-6-22-18(9-14)11-20(16(3)25-22)24(28)31-12-23(27)21-10-15(2)26(17(21)4)19-7-8-32(29,30)13-19/h5-6,9-11,19H,7-8,12-13H2,1-4H3. The third-order valence-corrected chi connectivity index (χ3v) is 7.82. The maximum atomic E-state index is 12.8. The number of hydrogen-bond donors (Lipinski definition) is 0. The second kappa shape index (κ2) is 8.16. The van der Waals surface area contributed by atoms with Gasteiger partial charge in [0, 0.05) is 28.4 Å². The first-order valence-electron chi connectivity index (χ1n) is 10.5. The van der Waals surface area contributed by atoms with E-state index in [0.717, 1.165) is 22.2 Å². The van der Waals surface area contributed by atoms with Crippen molar-refractivity contribution in [3.05, 3.63) is 64.1 Å². The number of fused-ring (bicyclic) bond motifs is 1. The molecule has 2 aromatic heterocycles. The Morgan fingerprint density at radius 1 is 1.09 bits per heavy atom. The monoisotopic (exact) mass is 454 g/mol. The van der Waals surface area contributed by atoms with Crippen LogP contribution in [0.1, 0.15) is 55.8 Å². The number of ketones is 1. The summed E-state index contributed by atoms with van der Waals surface area (Å²) in [6.45, 7) is 6.96. The molecule has 0 aliphatic carbocycles. The van der Waals surface area contributed by atoms with Gasteiger partial charge in [-0.05, 0) is 58.4 Å². The molecule has 1 aliphatic heterocycles. The van der Waals surface area contributed by atoms with Gasteiger partial charge in [0.15, 0.2) is 16.4 Å². The summed E-state index contributed by atoms with van der Waals surface area (Å²) in [4.78, 5) is 30.0. The van der Waals surface area contributed by atoms with Gasteiger partial charge in [-0.2, -0.15) is 0 Å². The van der Waals surface area contributed by atoms with E-state index in [1.54, 1.807) is 26.0 Å². The fourth-order valence-corrected chi connectivity index (χ4v) is 6.19. The predicted octanol–water partition coefficient (Wildman–Crippen LogP) is 3.67. The van der Waals surface area contributed by atoms with Crippen LogP contribution in [0.2, 0.25) is 0 Å². The second-order valence-corrected chi connectivity index (χ2v) is 10.8. The van der Waals surface area contributed by atoms with Crippen LogP contribution in [0, 0.1) is 27.7 Å². The number of pyridine rings is 1. The lowest BCUT2D eigenvalue weighted by atomic mass is 10.1. The maximum Gasteiger partial charge on any atom is 0.340 e. The number of Topliss-reactive ketones (excluding diaryl/α,β-unsaturated/α-hetero) is 1. The zero-order valence-corrected chi connectivity index (χ0v) is 19.5. The van der Waals surface area contributed by atoms with Crippen LogP contribution in [-0.4, -0.2) is 47.8 Å². The minimum absolute atomic E-state index is 0.0830. The number of rotatable bonds is 5. The molecule has 0 bridgehead atoms. The normalized spacial score (nSPS) is 17.6. The highest BCUT2D eigenvalue weighted by Gasteiger charge is 2.31. The van der Waals surface area contributed by atoms with E-state index in [1.165, 1.54) is 0 Å². The summed E-state index contributed by atoms with van der Waals surface area (Å²) < 4.78 is 31.0. The van der Waals surface area contributed by atoms with E-state index in [0.29, 0.717) is 28.9 Å². The summed E-state index contributed by atoms with van der Waals surface area (Å²) in [7, 11) is -3.04. The molecule has 0 spiro atoms. The van der Waals surface area contributed by atoms with Gasteiger partial charge in [0.1, 0.15) is 0 Å². The number of sulfone groups is 1. The van der Waals surface area contributed by atoms with Gasteiger partial charge in [0.2, 0.25) is 5.78 Å². The van der Waals surface area contributed by atoms with Crippen LogP contribution in [0.3, 0.4) is 0 Å².